The first-order valence-corrected chi connectivity index (χ1v) is 4.69. The van der Waals surface area contributed by atoms with Gasteiger partial charge in [-0.25, -0.2) is 9.97 Å². The standard InChI is InChI=1S/C11H13N3O/c1-14(2)11-12-7-8-5-4-6-9(15-3)10(8)13-11/h4-7H,1-3H3. The molecule has 2 aromatic rings. The zero-order valence-electron chi connectivity index (χ0n) is 9.06. The van der Waals surface area contributed by atoms with Crippen molar-refractivity contribution in [2.75, 3.05) is 26.1 Å². The number of anilines is 1. The number of nitrogens with zero attached hydrogens (tertiary/aromatic N) is 3. The normalized spacial score (nSPS) is 10.3. The number of hydrogen-bond acceptors (Lipinski definition) is 4. The molecule has 1 aromatic carbocycles. The number of aromatic nitrogens is 2. The molecule has 0 fully saturated rings. The van der Waals surface area contributed by atoms with E-state index in [1.165, 1.54) is 0 Å². The molecule has 0 atom stereocenters. The van der Waals surface area contributed by atoms with E-state index >= 15 is 0 Å². The fourth-order valence-electron chi connectivity index (χ4n) is 1.40. The van der Waals surface area contributed by atoms with Gasteiger partial charge in [-0.1, -0.05) is 12.1 Å². The second-order valence-electron chi connectivity index (χ2n) is 3.46. The fourth-order valence-corrected chi connectivity index (χ4v) is 1.40. The molecule has 4 heteroatoms. The van der Waals surface area contributed by atoms with Crippen LogP contribution in [-0.2, 0) is 0 Å². The van der Waals surface area contributed by atoms with Gasteiger partial charge in [0, 0.05) is 25.7 Å². The Kier molecular flexibility index (Phi) is 2.41. The van der Waals surface area contributed by atoms with Gasteiger partial charge in [-0.15, -0.1) is 0 Å². The summed E-state index contributed by atoms with van der Waals surface area (Å²) in [5.74, 6) is 1.46. The van der Waals surface area contributed by atoms with Crippen LogP contribution in [0, 0.1) is 0 Å². The molecular weight excluding hydrogens is 190 g/mol. The summed E-state index contributed by atoms with van der Waals surface area (Å²) in [4.78, 5) is 10.5. The van der Waals surface area contributed by atoms with Crippen LogP contribution in [0.3, 0.4) is 0 Å². The van der Waals surface area contributed by atoms with E-state index in [1.807, 2.05) is 37.2 Å². The summed E-state index contributed by atoms with van der Waals surface area (Å²) in [6.45, 7) is 0. The maximum absolute atomic E-state index is 5.25. The molecule has 0 unspecified atom stereocenters. The lowest BCUT2D eigenvalue weighted by Gasteiger charge is -2.11. The Balaban J connectivity index is 2.67. The van der Waals surface area contributed by atoms with E-state index in [-0.39, 0.29) is 0 Å². The van der Waals surface area contributed by atoms with E-state index in [0.717, 1.165) is 16.7 Å². The highest BCUT2D eigenvalue weighted by atomic mass is 16.5. The van der Waals surface area contributed by atoms with Crippen molar-refractivity contribution >= 4 is 16.9 Å². The molecule has 0 aliphatic rings. The lowest BCUT2D eigenvalue weighted by molar-refractivity contribution is 0.419. The second kappa shape index (κ2) is 3.73. The number of methoxy groups -OCH3 is 1. The molecule has 0 aliphatic carbocycles. The van der Waals surface area contributed by atoms with E-state index in [0.29, 0.717) is 5.95 Å². The van der Waals surface area contributed by atoms with E-state index in [1.54, 1.807) is 13.3 Å². The van der Waals surface area contributed by atoms with Gasteiger partial charge < -0.3 is 9.64 Å². The molecule has 0 saturated carbocycles. The van der Waals surface area contributed by atoms with Gasteiger partial charge in [-0.05, 0) is 6.07 Å². The van der Waals surface area contributed by atoms with Crippen LogP contribution in [0.2, 0.25) is 0 Å². The summed E-state index contributed by atoms with van der Waals surface area (Å²) in [6.07, 6.45) is 1.81. The Hall–Kier alpha value is -1.84. The fraction of sp³-hybridized carbons (Fsp3) is 0.273. The lowest BCUT2D eigenvalue weighted by atomic mass is 10.2. The second-order valence-corrected chi connectivity index (χ2v) is 3.46. The van der Waals surface area contributed by atoms with Gasteiger partial charge in [0.05, 0.1) is 7.11 Å². The molecular formula is C11H13N3O. The molecule has 1 aromatic heterocycles. The first kappa shape index (κ1) is 9.71. The van der Waals surface area contributed by atoms with Crippen LogP contribution < -0.4 is 9.64 Å². The molecule has 78 valence electrons. The van der Waals surface area contributed by atoms with Gasteiger partial charge >= 0.3 is 0 Å². The Morgan fingerprint density at radius 3 is 2.73 bits per heavy atom. The maximum Gasteiger partial charge on any atom is 0.225 e. The van der Waals surface area contributed by atoms with Crippen molar-refractivity contribution in [1.82, 2.24) is 9.97 Å². The van der Waals surface area contributed by atoms with Crippen molar-refractivity contribution in [3.8, 4) is 5.75 Å². The summed E-state index contributed by atoms with van der Waals surface area (Å²) < 4.78 is 5.25. The predicted octanol–water partition coefficient (Wildman–Crippen LogP) is 1.70. The Morgan fingerprint density at radius 2 is 2.07 bits per heavy atom. The Bertz CT molecular complexity index is 482. The van der Waals surface area contributed by atoms with Crippen molar-refractivity contribution in [3.05, 3.63) is 24.4 Å². The van der Waals surface area contributed by atoms with Crippen LogP contribution >= 0.6 is 0 Å². The Morgan fingerprint density at radius 1 is 1.27 bits per heavy atom. The number of fused-ring (bicyclic) bond motifs is 1. The third-order valence-electron chi connectivity index (χ3n) is 2.18. The minimum atomic E-state index is 0.687. The van der Waals surface area contributed by atoms with Crippen molar-refractivity contribution in [3.63, 3.8) is 0 Å². The maximum atomic E-state index is 5.25. The molecule has 0 aliphatic heterocycles. The molecule has 0 spiro atoms. The van der Waals surface area contributed by atoms with Gasteiger partial charge in [-0.2, -0.15) is 0 Å². The molecule has 2 rings (SSSR count). The predicted molar refractivity (Wildman–Crippen MR) is 60.4 cm³/mol. The summed E-state index contributed by atoms with van der Waals surface area (Å²) >= 11 is 0. The largest absolute Gasteiger partial charge is 0.494 e. The quantitative estimate of drug-likeness (QED) is 0.744. The lowest BCUT2D eigenvalue weighted by Crippen LogP contribution is -2.12. The average molecular weight is 203 g/mol. The molecule has 0 saturated heterocycles. The van der Waals surface area contributed by atoms with Crippen molar-refractivity contribution in [2.45, 2.75) is 0 Å². The van der Waals surface area contributed by atoms with Gasteiger partial charge in [0.2, 0.25) is 5.95 Å². The summed E-state index contributed by atoms with van der Waals surface area (Å²) in [5.41, 5.74) is 0.846. The first-order chi connectivity index (χ1) is 7.22. The van der Waals surface area contributed by atoms with Crippen LogP contribution in [0.25, 0.3) is 10.9 Å². The van der Waals surface area contributed by atoms with Crippen LogP contribution in [-0.4, -0.2) is 31.2 Å². The molecule has 4 nitrogen and oxygen atoms in total. The number of benzene rings is 1. The van der Waals surface area contributed by atoms with Crippen molar-refractivity contribution in [1.29, 1.82) is 0 Å². The first-order valence-electron chi connectivity index (χ1n) is 4.69. The van der Waals surface area contributed by atoms with Crippen molar-refractivity contribution in [2.24, 2.45) is 0 Å². The van der Waals surface area contributed by atoms with Gasteiger partial charge in [0.1, 0.15) is 11.3 Å². The van der Waals surface area contributed by atoms with E-state index in [2.05, 4.69) is 9.97 Å². The van der Waals surface area contributed by atoms with Crippen LogP contribution in [0.15, 0.2) is 24.4 Å². The molecule has 1 heterocycles. The summed E-state index contributed by atoms with van der Waals surface area (Å²) in [6, 6.07) is 5.80. The van der Waals surface area contributed by atoms with E-state index in [4.69, 9.17) is 4.74 Å². The topological polar surface area (TPSA) is 38.2 Å². The van der Waals surface area contributed by atoms with Crippen LogP contribution in [0.4, 0.5) is 5.95 Å². The monoisotopic (exact) mass is 203 g/mol. The molecule has 0 amide bonds. The highest BCUT2D eigenvalue weighted by Gasteiger charge is 2.05. The van der Waals surface area contributed by atoms with Crippen LogP contribution in [0.5, 0.6) is 5.75 Å². The number of ether oxygens (including phenoxy) is 1. The smallest absolute Gasteiger partial charge is 0.225 e. The summed E-state index contributed by atoms with van der Waals surface area (Å²) in [7, 11) is 5.47. The minimum Gasteiger partial charge on any atom is -0.494 e. The van der Waals surface area contributed by atoms with Gasteiger partial charge in [0.25, 0.3) is 0 Å². The van der Waals surface area contributed by atoms with Gasteiger partial charge in [0.15, 0.2) is 0 Å². The zero-order chi connectivity index (χ0) is 10.8. The average Bonchev–Trinajstić information content (AvgIpc) is 2.27. The third kappa shape index (κ3) is 1.70. The van der Waals surface area contributed by atoms with E-state index < -0.39 is 0 Å². The van der Waals surface area contributed by atoms with Gasteiger partial charge in [-0.3, -0.25) is 0 Å². The Labute approximate surface area is 88.5 Å². The zero-order valence-corrected chi connectivity index (χ0v) is 9.06. The minimum absolute atomic E-state index is 0.687. The third-order valence-corrected chi connectivity index (χ3v) is 2.18. The van der Waals surface area contributed by atoms with Crippen molar-refractivity contribution < 1.29 is 4.74 Å². The van der Waals surface area contributed by atoms with E-state index in [9.17, 15) is 0 Å². The number of rotatable bonds is 2. The highest BCUT2D eigenvalue weighted by Crippen LogP contribution is 2.23. The SMILES string of the molecule is COc1cccc2cnc(N(C)C)nc12. The number of hydrogen-bond donors (Lipinski definition) is 0. The molecule has 0 bridgehead atoms. The molecule has 0 N–H and O–H groups in total. The summed E-state index contributed by atoms with van der Waals surface area (Å²) in [5, 5.41) is 0.986. The molecule has 15 heavy (non-hydrogen) atoms. The molecule has 0 radical (unpaired) electrons. The van der Waals surface area contributed by atoms with Crippen LogP contribution in [0.1, 0.15) is 0 Å². The highest BCUT2D eigenvalue weighted by molar-refractivity contribution is 5.84. The number of para-hydroxylation sites is 1.